The highest BCUT2D eigenvalue weighted by Gasteiger charge is 2.27. The summed E-state index contributed by atoms with van der Waals surface area (Å²) in [5.41, 5.74) is 0.315. The lowest BCUT2D eigenvalue weighted by Gasteiger charge is -2.21. The summed E-state index contributed by atoms with van der Waals surface area (Å²) in [6, 6.07) is 10.6. The molecule has 1 heterocycles. The number of carbonyl (C=O) groups excluding carboxylic acids is 1. The zero-order chi connectivity index (χ0) is 17.5. The Labute approximate surface area is 138 Å². The minimum atomic E-state index is -1.53. The third kappa shape index (κ3) is 2.95. The maximum absolute atomic E-state index is 14.4. The molecule has 0 spiro atoms. The molecule has 5 heteroatoms. The van der Waals surface area contributed by atoms with Gasteiger partial charge in [-0.25, -0.2) is 8.78 Å². The van der Waals surface area contributed by atoms with Crippen molar-refractivity contribution in [3.8, 4) is 11.1 Å². The first-order valence-corrected chi connectivity index (χ1v) is 7.56. The van der Waals surface area contributed by atoms with Gasteiger partial charge >= 0.3 is 0 Å². The highest BCUT2D eigenvalue weighted by Crippen LogP contribution is 2.29. The molecule has 1 N–H and O–H groups in total. The van der Waals surface area contributed by atoms with Crippen LogP contribution in [0.2, 0.25) is 0 Å². The first-order chi connectivity index (χ1) is 11.3. The highest BCUT2D eigenvalue weighted by atomic mass is 19.1. The molecule has 0 unspecified atom stereocenters. The largest absolute Gasteiger partial charge is 0.380 e. The van der Waals surface area contributed by atoms with Gasteiger partial charge in [0.15, 0.2) is 5.78 Å². The number of benzene rings is 2. The maximum Gasteiger partial charge on any atom is 0.162 e. The first-order valence-electron chi connectivity index (χ1n) is 7.56. The molecule has 2 aromatic carbocycles. The van der Waals surface area contributed by atoms with E-state index in [0.29, 0.717) is 22.0 Å². The second-order valence-electron chi connectivity index (χ2n) is 6.17. The van der Waals surface area contributed by atoms with E-state index in [1.54, 1.807) is 35.0 Å². The van der Waals surface area contributed by atoms with Crippen LogP contribution in [0.3, 0.4) is 0 Å². The van der Waals surface area contributed by atoms with Crippen LogP contribution in [0.1, 0.15) is 13.8 Å². The van der Waals surface area contributed by atoms with Crippen molar-refractivity contribution in [1.29, 1.82) is 0 Å². The van der Waals surface area contributed by atoms with Crippen LogP contribution in [-0.4, -0.2) is 21.1 Å². The summed E-state index contributed by atoms with van der Waals surface area (Å²) < 4.78 is 29.1. The van der Waals surface area contributed by atoms with E-state index in [4.69, 9.17) is 0 Å². The number of Topliss-reactive ketones (excluding diaryl/α,β-unsaturated/α-hetero) is 1. The first kappa shape index (κ1) is 16.3. The van der Waals surface area contributed by atoms with Crippen LogP contribution in [0.25, 0.3) is 22.0 Å². The van der Waals surface area contributed by atoms with E-state index in [-0.39, 0.29) is 18.1 Å². The van der Waals surface area contributed by atoms with Crippen LogP contribution in [0, 0.1) is 11.6 Å². The van der Waals surface area contributed by atoms with Crippen LogP contribution in [0.5, 0.6) is 0 Å². The van der Waals surface area contributed by atoms with Gasteiger partial charge in [-0.3, -0.25) is 4.79 Å². The number of nitrogens with zero attached hydrogens (tertiary/aromatic N) is 1. The molecule has 0 radical (unpaired) electrons. The zero-order valence-corrected chi connectivity index (χ0v) is 13.4. The Morgan fingerprint density at radius 1 is 1.12 bits per heavy atom. The second kappa shape index (κ2) is 5.83. The number of ketones is 1. The molecule has 0 saturated heterocycles. The van der Waals surface area contributed by atoms with E-state index in [1.807, 2.05) is 0 Å². The third-order valence-corrected chi connectivity index (χ3v) is 4.25. The topological polar surface area (TPSA) is 42.2 Å². The smallest absolute Gasteiger partial charge is 0.162 e. The fourth-order valence-corrected chi connectivity index (χ4v) is 2.64. The molecule has 1 atom stereocenters. The van der Waals surface area contributed by atoms with Gasteiger partial charge in [0.05, 0.1) is 12.1 Å². The normalized spacial score (nSPS) is 13.9. The molecule has 0 aliphatic heterocycles. The summed E-state index contributed by atoms with van der Waals surface area (Å²) in [5.74, 6) is -1.13. The van der Waals surface area contributed by atoms with E-state index >= 15 is 0 Å². The van der Waals surface area contributed by atoms with Crippen molar-refractivity contribution >= 4 is 16.7 Å². The summed E-state index contributed by atoms with van der Waals surface area (Å²) in [7, 11) is 0. The van der Waals surface area contributed by atoms with Crippen LogP contribution in [0.15, 0.2) is 48.7 Å². The number of hydrogen-bond donors (Lipinski definition) is 1. The molecular formula is C19H17F2NO2. The van der Waals surface area contributed by atoms with Gasteiger partial charge in [0, 0.05) is 11.6 Å². The van der Waals surface area contributed by atoms with Crippen molar-refractivity contribution in [3.05, 3.63) is 60.3 Å². The van der Waals surface area contributed by atoms with Crippen molar-refractivity contribution in [1.82, 2.24) is 4.57 Å². The molecule has 24 heavy (non-hydrogen) atoms. The maximum atomic E-state index is 14.4. The van der Waals surface area contributed by atoms with E-state index in [0.717, 1.165) is 0 Å². The van der Waals surface area contributed by atoms with Gasteiger partial charge in [0.2, 0.25) is 0 Å². The quantitative estimate of drug-likeness (QED) is 0.788. The molecule has 0 amide bonds. The van der Waals surface area contributed by atoms with Gasteiger partial charge in [-0.15, -0.1) is 0 Å². The molecule has 0 aliphatic carbocycles. The van der Waals surface area contributed by atoms with Crippen molar-refractivity contribution in [2.24, 2.45) is 0 Å². The van der Waals surface area contributed by atoms with Crippen LogP contribution in [0.4, 0.5) is 8.78 Å². The van der Waals surface area contributed by atoms with Gasteiger partial charge in [-0.05, 0) is 55.3 Å². The Hall–Kier alpha value is -2.53. The number of halogens is 2. The summed E-state index contributed by atoms with van der Waals surface area (Å²) >= 11 is 0. The summed E-state index contributed by atoms with van der Waals surface area (Å²) in [6.07, 6.45) is 1.64. The monoisotopic (exact) mass is 329 g/mol. The average molecular weight is 329 g/mol. The zero-order valence-electron chi connectivity index (χ0n) is 13.4. The summed E-state index contributed by atoms with van der Waals surface area (Å²) in [6.45, 7) is 2.77. The molecule has 3 rings (SSSR count). The predicted molar refractivity (Wildman–Crippen MR) is 88.6 cm³/mol. The van der Waals surface area contributed by atoms with Gasteiger partial charge in [-0.2, -0.15) is 0 Å². The van der Waals surface area contributed by atoms with Gasteiger partial charge in [0.1, 0.15) is 17.2 Å². The molecule has 0 bridgehead atoms. The van der Waals surface area contributed by atoms with Gasteiger partial charge < -0.3 is 9.67 Å². The van der Waals surface area contributed by atoms with Crippen molar-refractivity contribution in [3.63, 3.8) is 0 Å². The number of fused-ring (bicyclic) bond motifs is 1. The van der Waals surface area contributed by atoms with Crippen LogP contribution >= 0.6 is 0 Å². The number of carbonyl (C=O) groups is 1. The van der Waals surface area contributed by atoms with E-state index in [2.05, 4.69) is 0 Å². The molecule has 0 fully saturated rings. The third-order valence-electron chi connectivity index (χ3n) is 4.25. The fraction of sp³-hybridized carbons (Fsp3) is 0.211. The van der Waals surface area contributed by atoms with Crippen molar-refractivity contribution in [2.75, 3.05) is 0 Å². The van der Waals surface area contributed by atoms with E-state index < -0.39 is 11.4 Å². The molecule has 1 aromatic heterocycles. The Morgan fingerprint density at radius 2 is 1.79 bits per heavy atom. The second-order valence-corrected chi connectivity index (χ2v) is 6.17. The number of rotatable bonds is 4. The standard InChI is InChI=1S/C19H17F2NO2/c1-12(23)19(2,24)11-22-8-7-16-17(21)9-14(10-18(16)22)13-3-5-15(20)6-4-13/h3-10,24H,11H2,1-2H3/t19-/m0/s1. The lowest BCUT2D eigenvalue weighted by Crippen LogP contribution is -2.37. The van der Waals surface area contributed by atoms with E-state index in [1.165, 1.54) is 32.0 Å². The van der Waals surface area contributed by atoms with Crippen molar-refractivity contribution < 1.29 is 18.7 Å². The van der Waals surface area contributed by atoms with Crippen LogP contribution < -0.4 is 0 Å². The van der Waals surface area contributed by atoms with Crippen LogP contribution in [-0.2, 0) is 11.3 Å². The highest BCUT2D eigenvalue weighted by molar-refractivity contribution is 5.87. The molecule has 0 saturated carbocycles. The molecule has 0 aliphatic rings. The fourth-order valence-electron chi connectivity index (χ4n) is 2.64. The average Bonchev–Trinajstić information content (AvgIpc) is 2.91. The number of hydrogen-bond acceptors (Lipinski definition) is 2. The summed E-state index contributed by atoms with van der Waals surface area (Å²) in [4.78, 5) is 11.5. The van der Waals surface area contributed by atoms with E-state index in [9.17, 15) is 18.7 Å². The van der Waals surface area contributed by atoms with Crippen molar-refractivity contribution in [2.45, 2.75) is 26.0 Å². The Bertz CT molecular complexity index is 911. The minimum absolute atomic E-state index is 0.0259. The Morgan fingerprint density at radius 3 is 2.42 bits per heavy atom. The van der Waals surface area contributed by atoms with Gasteiger partial charge in [-0.1, -0.05) is 12.1 Å². The lowest BCUT2D eigenvalue weighted by molar-refractivity contribution is -0.134. The number of aromatic nitrogens is 1. The minimum Gasteiger partial charge on any atom is -0.380 e. The SMILES string of the molecule is CC(=O)[C@@](C)(O)Cn1ccc2c(F)cc(-c3ccc(F)cc3)cc21. The molecular weight excluding hydrogens is 312 g/mol. The lowest BCUT2D eigenvalue weighted by atomic mass is 10.0. The predicted octanol–water partition coefficient (Wildman–Crippen LogP) is 3.93. The molecule has 3 nitrogen and oxygen atoms in total. The van der Waals surface area contributed by atoms with Gasteiger partial charge in [0.25, 0.3) is 0 Å². The molecule has 3 aromatic rings. The Balaban J connectivity index is 2.10. The number of aliphatic hydroxyl groups is 1. The molecule has 124 valence electrons. The summed E-state index contributed by atoms with van der Waals surface area (Å²) in [5, 5.41) is 10.6. The Kier molecular flexibility index (Phi) is 3.97.